The second-order valence-corrected chi connectivity index (χ2v) is 5.13. The molecule has 2 N–H and O–H groups in total. The number of thiocarbonyl (C=S) groups is 1. The van der Waals surface area contributed by atoms with Gasteiger partial charge in [0.25, 0.3) is 5.69 Å². The van der Waals surface area contributed by atoms with E-state index in [9.17, 15) is 10.1 Å². The van der Waals surface area contributed by atoms with Crippen LogP contribution in [0.5, 0.6) is 0 Å². The molecule has 0 unspecified atom stereocenters. The van der Waals surface area contributed by atoms with Crippen molar-refractivity contribution in [2.45, 2.75) is 25.9 Å². The van der Waals surface area contributed by atoms with Gasteiger partial charge in [-0.2, -0.15) is 0 Å². The van der Waals surface area contributed by atoms with Crippen molar-refractivity contribution in [3.05, 3.63) is 33.9 Å². The molecule has 1 aliphatic heterocycles. The maximum Gasteiger partial charge on any atom is 0.271 e. The van der Waals surface area contributed by atoms with Crippen molar-refractivity contribution in [3.8, 4) is 0 Å². The number of hydrogen-bond donors (Lipinski definition) is 2. The van der Waals surface area contributed by atoms with Crippen molar-refractivity contribution < 1.29 is 9.66 Å². The average molecular weight is 295 g/mol. The van der Waals surface area contributed by atoms with Crippen LogP contribution in [-0.4, -0.2) is 29.3 Å². The number of nitro groups is 1. The molecule has 1 aromatic rings. The molecule has 0 aromatic heterocycles. The van der Waals surface area contributed by atoms with Gasteiger partial charge in [0, 0.05) is 31.0 Å². The monoisotopic (exact) mass is 295 g/mol. The molecule has 20 heavy (non-hydrogen) atoms. The van der Waals surface area contributed by atoms with Gasteiger partial charge in [0.15, 0.2) is 5.11 Å². The Balaban J connectivity index is 1.92. The van der Waals surface area contributed by atoms with Gasteiger partial charge in [-0.3, -0.25) is 10.1 Å². The van der Waals surface area contributed by atoms with Crippen LogP contribution in [0, 0.1) is 17.0 Å². The molecule has 1 saturated heterocycles. The molecule has 108 valence electrons. The highest BCUT2D eigenvalue weighted by Crippen LogP contribution is 2.21. The Bertz CT molecular complexity index is 516. The summed E-state index contributed by atoms with van der Waals surface area (Å²) in [6.45, 7) is 3.32. The summed E-state index contributed by atoms with van der Waals surface area (Å²) in [4.78, 5) is 10.3. The van der Waals surface area contributed by atoms with Gasteiger partial charge in [-0.15, -0.1) is 0 Å². The number of hydrogen-bond acceptors (Lipinski definition) is 4. The van der Waals surface area contributed by atoms with Crippen molar-refractivity contribution in [1.82, 2.24) is 5.32 Å². The second-order valence-electron chi connectivity index (χ2n) is 4.73. The zero-order valence-electron chi connectivity index (χ0n) is 11.2. The van der Waals surface area contributed by atoms with Crippen molar-refractivity contribution in [3.63, 3.8) is 0 Å². The van der Waals surface area contributed by atoms with Crippen LogP contribution in [0.4, 0.5) is 11.4 Å². The van der Waals surface area contributed by atoms with Gasteiger partial charge in [-0.1, -0.05) is 6.07 Å². The Morgan fingerprint density at radius 3 is 3.05 bits per heavy atom. The molecular formula is C13H17N3O3S. The fourth-order valence-electron chi connectivity index (χ4n) is 2.04. The summed E-state index contributed by atoms with van der Waals surface area (Å²) in [6.07, 6.45) is 2.31. The summed E-state index contributed by atoms with van der Waals surface area (Å²) in [7, 11) is 0. The molecule has 0 spiro atoms. The molecule has 1 atom stereocenters. The quantitative estimate of drug-likeness (QED) is 0.504. The first-order chi connectivity index (χ1) is 9.56. The number of nitro benzene ring substituents is 1. The van der Waals surface area contributed by atoms with Crippen LogP contribution >= 0.6 is 12.2 Å². The van der Waals surface area contributed by atoms with Gasteiger partial charge in [-0.05, 0) is 37.5 Å². The summed E-state index contributed by atoms with van der Waals surface area (Å²) in [5.41, 5.74) is 1.58. The minimum absolute atomic E-state index is 0.0417. The van der Waals surface area contributed by atoms with Gasteiger partial charge >= 0.3 is 0 Å². The van der Waals surface area contributed by atoms with Crippen molar-refractivity contribution in [2.75, 3.05) is 18.5 Å². The Morgan fingerprint density at radius 2 is 2.40 bits per heavy atom. The lowest BCUT2D eigenvalue weighted by molar-refractivity contribution is -0.384. The first kappa shape index (κ1) is 14.7. The number of benzene rings is 1. The lowest BCUT2D eigenvalue weighted by atomic mass is 10.2. The van der Waals surface area contributed by atoms with E-state index in [0.717, 1.165) is 25.0 Å². The fraction of sp³-hybridized carbons (Fsp3) is 0.462. The predicted molar refractivity (Wildman–Crippen MR) is 81.0 cm³/mol. The van der Waals surface area contributed by atoms with Crippen LogP contribution in [0.3, 0.4) is 0 Å². The minimum atomic E-state index is -0.423. The SMILES string of the molecule is Cc1ccc([N+](=O)[O-])cc1NC(=S)NC[C@@H]1CCCO1. The molecular weight excluding hydrogens is 278 g/mol. The van der Waals surface area contributed by atoms with Crippen molar-refractivity contribution >= 4 is 28.7 Å². The van der Waals surface area contributed by atoms with Crippen LogP contribution in [0.2, 0.25) is 0 Å². The van der Waals surface area contributed by atoms with Gasteiger partial charge in [0.05, 0.1) is 11.0 Å². The normalized spacial score (nSPS) is 17.8. The predicted octanol–water partition coefficient (Wildman–Crippen LogP) is 2.37. The molecule has 0 radical (unpaired) electrons. The first-order valence-electron chi connectivity index (χ1n) is 6.48. The summed E-state index contributed by atoms with van der Waals surface area (Å²) < 4.78 is 5.49. The Kier molecular flexibility index (Phi) is 4.86. The van der Waals surface area contributed by atoms with E-state index in [0.29, 0.717) is 17.3 Å². The van der Waals surface area contributed by atoms with E-state index in [1.54, 1.807) is 6.07 Å². The molecule has 1 heterocycles. The molecule has 0 saturated carbocycles. The first-order valence-corrected chi connectivity index (χ1v) is 6.88. The fourth-order valence-corrected chi connectivity index (χ4v) is 2.23. The van der Waals surface area contributed by atoms with Gasteiger partial charge < -0.3 is 15.4 Å². The van der Waals surface area contributed by atoms with Crippen LogP contribution in [0.15, 0.2) is 18.2 Å². The molecule has 1 aliphatic rings. The third-order valence-electron chi connectivity index (χ3n) is 3.19. The van der Waals surface area contributed by atoms with Crippen molar-refractivity contribution in [1.29, 1.82) is 0 Å². The molecule has 0 aliphatic carbocycles. The summed E-state index contributed by atoms with van der Waals surface area (Å²) >= 11 is 5.19. The summed E-state index contributed by atoms with van der Waals surface area (Å²) in [5, 5.41) is 17.3. The van der Waals surface area contributed by atoms with E-state index in [-0.39, 0.29) is 11.8 Å². The lowest BCUT2D eigenvalue weighted by Crippen LogP contribution is -2.35. The number of nitrogens with one attached hydrogen (secondary N) is 2. The second kappa shape index (κ2) is 6.62. The molecule has 2 rings (SSSR count). The van der Waals surface area contributed by atoms with Crippen LogP contribution in [0.25, 0.3) is 0 Å². The number of non-ortho nitro benzene ring substituents is 1. The number of rotatable bonds is 4. The van der Waals surface area contributed by atoms with E-state index in [1.165, 1.54) is 12.1 Å². The molecule has 7 heteroatoms. The highest BCUT2D eigenvalue weighted by atomic mass is 32.1. The summed E-state index contributed by atoms with van der Waals surface area (Å²) in [6, 6.07) is 4.65. The zero-order chi connectivity index (χ0) is 14.5. The molecule has 6 nitrogen and oxygen atoms in total. The summed E-state index contributed by atoms with van der Waals surface area (Å²) in [5.74, 6) is 0. The zero-order valence-corrected chi connectivity index (χ0v) is 12.0. The van der Waals surface area contributed by atoms with Gasteiger partial charge in [0.2, 0.25) is 0 Å². The highest BCUT2D eigenvalue weighted by molar-refractivity contribution is 7.80. The number of anilines is 1. The maximum absolute atomic E-state index is 10.8. The molecule has 0 amide bonds. The van der Waals surface area contributed by atoms with Crippen molar-refractivity contribution in [2.24, 2.45) is 0 Å². The molecule has 0 bridgehead atoms. The van der Waals surface area contributed by atoms with E-state index in [2.05, 4.69) is 10.6 Å². The van der Waals surface area contributed by atoms with E-state index >= 15 is 0 Å². The smallest absolute Gasteiger partial charge is 0.271 e. The third-order valence-corrected chi connectivity index (χ3v) is 3.44. The standard InChI is InChI=1S/C13H17N3O3S/c1-9-4-5-10(16(17)18)7-12(9)15-13(20)14-8-11-3-2-6-19-11/h4-5,7,11H,2-3,6,8H2,1H3,(H2,14,15,20)/t11-/m0/s1. The van der Waals surface area contributed by atoms with Gasteiger partial charge in [-0.25, -0.2) is 0 Å². The van der Waals surface area contributed by atoms with Gasteiger partial charge in [0.1, 0.15) is 0 Å². The largest absolute Gasteiger partial charge is 0.376 e. The Morgan fingerprint density at radius 1 is 1.60 bits per heavy atom. The van der Waals surface area contributed by atoms with Crippen LogP contribution in [-0.2, 0) is 4.74 Å². The third kappa shape index (κ3) is 3.88. The van der Waals surface area contributed by atoms with Crippen LogP contribution < -0.4 is 10.6 Å². The molecule has 1 aromatic carbocycles. The number of ether oxygens (including phenoxy) is 1. The topological polar surface area (TPSA) is 76.4 Å². The molecule has 1 fully saturated rings. The maximum atomic E-state index is 10.8. The Hall–Kier alpha value is -1.73. The van der Waals surface area contributed by atoms with E-state index in [4.69, 9.17) is 17.0 Å². The minimum Gasteiger partial charge on any atom is -0.376 e. The number of aryl methyl sites for hydroxylation is 1. The van der Waals surface area contributed by atoms with E-state index < -0.39 is 4.92 Å². The highest BCUT2D eigenvalue weighted by Gasteiger charge is 2.15. The van der Waals surface area contributed by atoms with Crippen LogP contribution in [0.1, 0.15) is 18.4 Å². The van der Waals surface area contributed by atoms with E-state index in [1.807, 2.05) is 6.92 Å². The number of nitrogens with zero attached hydrogens (tertiary/aromatic N) is 1. The Labute approximate surface area is 122 Å². The lowest BCUT2D eigenvalue weighted by Gasteiger charge is -2.15. The average Bonchev–Trinajstić information content (AvgIpc) is 2.92.